The van der Waals surface area contributed by atoms with Crippen molar-refractivity contribution in [3.8, 4) is 11.3 Å². The maximum absolute atomic E-state index is 10.8. The maximum Gasteiger partial charge on any atom is 0.337 e. The molecule has 0 unspecified atom stereocenters. The molecule has 0 aliphatic heterocycles. The smallest absolute Gasteiger partial charge is 0.337 e. The van der Waals surface area contributed by atoms with Crippen LogP contribution in [0.15, 0.2) is 18.7 Å². The van der Waals surface area contributed by atoms with Gasteiger partial charge in [-0.1, -0.05) is 0 Å². The summed E-state index contributed by atoms with van der Waals surface area (Å²) < 4.78 is 1.53. The summed E-state index contributed by atoms with van der Waals surface area (Å²) in [4.78, 5) is 17.7. The van der Waals surface area contributed by atoms with Gasteiger partial charge in [-0.3, -0.25) is 14.8 Å². The average Bonchev–Trinajstić information content (AvgIpc) is 2.63. The number of nitro groups is 1. The first kappa shape index (κ1) is 10.0. The zero-order chi connectivity index (χ0) is 11.7. The highest BCUT2D eigenvalue weighted by molar-refractivity contribution is 5.74. The molecule has 0 saturated carbocycles. The predicted octanol–water partition coefficient (Wildman–Crippen LogP) is 0.367. The third-order valence-electron chi connectivity index (χ3n) is 2.01. The van der Waals surface area contributed by atoms with Crippen molar-refractivity contribution in [1.82, 2.24) is 19.7 Å². The Bertz CT molecular complexity index is 549. The number of nitrogens with zero attached hydrogens (tertiary/aromatic N) is 5. The minimum absolute atomic E-state index is 0.154. The molecule has 0 radical (unpaired) electrons. The number of hydrogen-bond donors (Lipinski definition) is 1. The fourth-order valence-corrected chi connectivity index (χ4v) is 1.33. The number of rotatable bonds is 2. The molecular formula is C8H8N6O2. The van der Waals surface area contributed by atoms with Crippen LogP contribution in [0.1, 0.15) is 0 Å². The van der Waals surface area contributed by atoms with Gasteiger partial charge in [0.05, 0.1) is 11.1 Å². The molecule has 2 N–H and O–H groups in total. The van der Waals surface area contributed by atoms with Crippen molar-refractivity contribution in [2.24, 2.45) is 7.05 Å². The molecule has 0 aliphatic rings. The summed E-state index contributed by atoms with van der Waals surface area (Å²) in [7, 11) is 1.71. The lowest BCUT2D eigenvalue weighted by Gasteiger charge is -2.00. The molecule has 2 rings (SSSR count). The fraction of sp³-hybridized carbons (Fsp3) is 0.125. The second kappa shape index (κ2) is 3.57. The van der Waals surface area contributed by atoms with Crippen LogP contribution in [0.2, 0.25) is 0 Å². The molecule has 0 saturated heterocycles. The van der Waals surface area contributed by atoms with E-state index in [9.17, 15) is 10.1 Å². The molecule has 16 heavy (non-hydrogen) atoms. The number of anilines is 1. The molecule has 2 heterocycles. The van der Waals surface area contributed by atoms with E-state index in [-0.39, 0.29) is 17.2 Å². The Morgan fingerprint density at radius 1 is 1.50 bits per heavy atom. The van der Waals surface area contributed by atoms with E-state index in [1.807, 2.05) is 0 Å². The fourth-order valence-electron chi connectivity index (χ4n) is 1.33. The quantitative estimate of drug-likeness (QED) is 0.577. The van der Waals surface area contributed by atoms with E-state index in [1.54, 1.807) is 13.2 Å². The number of nitrogen functional groups attached to an aromatic ring is 1. The first-order valence-electron chi connectivity index (χ1n) is 4.33. The van der Waals surface area contributed by atoms with E-state index < -0.39 is 4.92 Å². The molecule has 0 fully saturated rings. The molecule has 0 aliphatic carbocycles. The van der Waals surface area contributed by atoms with Crippen molar-refractivity contribution in [2.45, 2.75) is 0 Å². The Hall–Kier alpha value is -2.51. The van der Waals surface area contributed by atoms with Crippen LogP contribution >= 0.6 is 0 Å². The molecule has 0 bridgehead atoms. The third kappa shape index (κ3) is 1.56. The second-order valence-corrected chi connectivity index (χ2v) is 3.12. The number of aromatic nitrogens is 4. The van der Waals surface area contributed by atoms with Crippen LogP contribution in [0, 0.1) is 10.1 Å². The van der Waals surface area contributed by atoms with Gasteiger partial charge in [0.15, 0.2) is 5.69 Å². The molecule has 82 valence electrons. The Labute approximate surface area is 89.9 Å². The Kier molecular flexibility index (Phi) is 2.24. The van der Waals surface area contributed by atoms with Crippen LogP contribution in [0.25, 0.3) is 11.3 Å². The SMILES string of the molecule is Cn1cc(-c2ncnc(N)c2[N+](=O)[O-])cn1. The topological polar surface area (TPSA) is 113 Å². The van der Waals surface area contributed by atoms with Crippen molar-refractivity contribution in [3.05, 3.63) is 28.8 Å². The molecule has 0 amide bonds. The predicted molar refractivity (Wildman–Crippen MR) is 55.3 cm³/mol. The van der Waals surface area contributed by atoms with Crippen LogP contribution in [-0.4, -0.2) is 24.7 Å². The van der Waals surface area contributed by atoms with Gasteiger partial charge in [0.1, 0.15) is 6.33 Å². The van der Waals surface area contributed by atoms with Crippen molar-refractivity contribution in [1.29, 1.82) is 0 Å². The monoisotopic (exact) mass is 220 g/mol. The van der Waals surface area contributed by atoms with Gasteiger partial charge in [-0.05, 0) is 0 Å². The molecule has 2 aromatic heterocycles. The summed E-state index contributed by atoms with van der Waals surface area (Å²) in [5.74, 6) is -0.154. The first-order chi connectivity index (χ1) is 7.59. The van der Waals surface area contributed by atoms with Crippen molar-refractivity contribution in [2.75, 3.05) is 5.73 Å². The van der Waals surface area contributed by atoms with E-state index in [2.05, 4.69) is 15.1 Å². The summed E-state index contributed by atoms with van der Waals surface area (Å²) in [5, 5.41) is 14.8. The van der Waals surface area contributed by atoms with Crippen LogP contribution < -0.4 is 5.73 Å². The van der Waals surface area contributed by atoms with Gasteiger partial charge >= 0.3 is 5.69 Å². The second-order valence-electron chi connectivity index (χ2n) is 3.12. The van der Waals surface area contributed by atoms with E-state index in [4.69, 9.17) is 5.73 Å². The van der Waals surface area contributed by atoms with Crippen LogP contribution in [0.5, 0.6) is 0 Å². The number of nitrogens with two attached hydrogens (primary N) is 1. The van der Waals surface area contributed by atoms with Crippen LogP contribution in [0.4, 0.5) is 11.5 Å². The van der Waals surface area contributed by atoms with Crippen LogP contribution in [-0.2, 0) is 7.05 Å². The summed E-state index contributed by atoms with van der Waals surface area (Å²) in [6, 6.07) is 0. The van der Waals surface area contributed by atoms with Gasteiger partial charge in [-0.25, -0.2) is 9.97 Å². The van der Waals surface area contributed by atoms with Gasteiger partial charge < -0.3 is 5.73 Å². The summed E-state index contributed by atoms with van der Waals surface area (Å²) in [6.07, 6.45) is 4.29. The van der Waals surface area contributed by atoms with Crippen molar-refractivity contribution < 1.29 is 4.92 Å². The van der Waals surface area contributed by atoms with Crippen LogP contribution in [0.3, 0.4) is 0 Å². The highest BCUT2D eigenvalue weighted by Gasteiger charge is 2.22. The van der Waals surface area contributed by atoms with E-state index in [1.165, 1.54) is 17.2 Å². The van der Waals surface area contributed by atoms with Gasteiger partial charge in [-0.15, -0.1) is 0 Å². The minimum Gasteiger partial charge on any atom is -0.378 e. The summed E-state index contributed by atoms with van der Waals surface area (Å²) in [5.41, 5.74) is 5.85. The average molecular weight is 220 g/mol. The van der Waals surface area contributed by atoms with E-state index in [0.29, 0.717) is 5.56 Å². The Morgan fingerprint density at radius 2 is 2.25 bits per heavy atom. The van der Waals surface area contributed by atoms with E-state index in [0.717, 1.165) is 0 Å². The highest BCUT2D eigenvalue weighted by atomic mass is 16.6. The first-order valence-corrected chi connectivity index (χ1v) is 4.33. The lowest BCUT2D eigenvalue weighted by atomic mass is 10.2. The Morgan fingerprint density at radius 3 is 2.81 bits per heavy atom. The number of hydrogen-bond acceptors (Lipinski definition) is 6. The normalized spacial score (nSPS) is 10.3. The summed E-state index contributed by atoms with van der Waals surface area (Å²) in [6.45, 7) is 0. The van der Waals surface area contributed by atoms with Crippen molar-refractivity contribution >= 4 is 11.5 Å². The molecular weight excluding hydrogens is 212 g/mol. The van der Waals surface area contributed by atoms with E-state index >= 15 is 0 Å². The minimum atomic E-state index is -0.600. The van der Waals surface area contributed by atoms with Gasteiger partial charge in [0.25, 0.3) is 0 Å². The molecule has 2 aromatic rings. The van der Waals surface area contributed by atoms with Gasteiger partial charge in [0, 0.05) is 18.8 Å². The van der Waals surface area contributed by atoms with Gasteiger partial charge in [-0.2, -0.15) is 5.10 Å². The van der Waals surface area contributed by atoms with Gasteiger partial charge in [0.2, 0.25) is 5.82 Å². The molecule has 0 aromatic carbocycles. The lowest BCUT2D eigenvalue weighted by Crippen LogP contribution is -2.02. The standard InChI is InChI=1S/C8H8N6O2/c1-13-3-5(2-12-13)6-7(14(15)16)8(9)11-4-10-6/h2-4H,1H3,(H2,9,10,11). The molecule has 0 spiro atoms. The highest BCUT2D eigenvalue weighted by Crippen LogP contribution is 2.30. The number of aryl methyl sites for hydroxylation is 1. The lowest BCUT2D eigenvalue weighted by molar-refractivity contribution is -0.383. The summed E-state index contributed by atoms with van der Waals surface area (Å²) >= 11 is 0. The Balaban J connectivity index is 2.65. The molecule has 8 nitrogen and oxygen atoms in total. The largest absolute Gasteiger partial charge is 0.378 e. The molecule has 0 atom stereocenters. The van der Waals surface area contributed by atoms with Crippen molar-refractivity contribution in [3.63, 3.8) is 0 Å². The zero-order valence-corrected chi connectivity index (χ0v) is 8.36. The maximum atomic E-state index is 10.8. The molecule has 8 heteroatoms. The zero-order valence-electron chi connectivity index (χ0n) is 8.36. The third-order valence-corrected chi connectivity index (χ3v) is 2.01.